The summed E-state index contributed by atoms with van der Waals surface area (Å²) in [4.78, 5) is 2.53. The Kier molecular flexibility index (Phi) is 8.82. The lowest BCUT2D eigenvalue weighted by molar-refractivity contribution is -0.394. The fourth-order valence-electron chi connectivity index (χ4n) is 14.0. The predicted molar refractivity (Wildman–Crippen MR) is 278 cm³/mol. The minimum atomic E-state index is 0.0734. The van der Waals surface area contributed by atoms with E-state index in [1.165, 1.54) is 103 Å². The molecule has 0 radical (unpaired) electrons. The van der Waals surface area contributed by atoms with Crippen molar-refractivity contribution >= 4 is 27.8 Å². The number of anilines is 3. The first-order chi connectivity index (χ1) is 32.3. The van der Waals surface area contributed by atoms with Gasteiger partial charge in [0.2, 0.25) is 0 Å². The van der Waals surface area contributed by atoms with Gasteiger partial charge in [0, 0.05) is 22.2 Å². The van der Waals surface area contributed by atoms with Crippen molar-refractivity contribution in [3.8, 4) is 55.6 Å². The number of benzene rings is 9. The molecule has 1 heteroatoms. The van der Waals surface area contributed by atoms with Gasteiger partial charge in [-0.3, -0.25) is 0 Å². The number of nitrogens with zero attached hydrogens (tertiary/aromatic N) is 1. The molecule has 320 valence electrons. The highest BCUT2D eigenvalue weighted by Crippen LogP contribution is 2.93. The van der Waals surface area contributed by atoms with Gasteiger partial charge in [0.05, 0.1) is 11.4 Å². The van der Waals surface area contributed by atoms with Gasteiger partial charge < -0.3 is 4.90 Å². The summed E-state index contributed by atoms with van der Waals surface area (Å²) < 4.78 is 0. The molecule has 9 aromatic rings. The molecule has 2 atom stereocenters. The minimum absolute atomic E-state index is 0.0734. The molecule has 1 spiro atoms. The summed E-state index contributed by atoms with van der Waals surface area (Å²) in [6, 6.07) is 79.6. The van der Waals surface area contributed by atoms with Gasteiger partial charge in [0.15, 0.2) is 0 Å². The highest BCUT2D eigenvalue weighted by atomic mass is 15.1. The van der Waals surface area contributed by atoms with Crippen LogP contribution >= 0.6 is 0 Å². The summed E-state index contributed by atoms with van der Waals surface area (Å²) in [6.45, 7) is 6.87. The van der Waals surface area contributed by atoms with Crippen LogP contribution in [0.25, 0.3) is 66.4 Å². The smallest absolute Gasteiger partial charge is 0.0540 e. The van der Waals surface area contributed by atoms with Gasteiger partial charge in [-0.1, -0.05) is 203 Å². The molecule has 0 bridgehead atoms. The lowest BCUT2D eigenvalue weighted by Gasteiger charge is -2.91. The largest absolute Gasteiger partial charge is 0.309 e. The van der Waals surface area contributed by atoms with Gasteiger partial charge in [-0.25, -0.2) is 0 Å². The molecule has 0 amide bonds. The number of hydrogen-bond donors (Lipinski definition) is 0. The average Bonchev–Trinajstić information content (AvgIpc) is 3.34. The molecule has 4 saturated carbocycles. The Labute approximate surface area is 390 Å². The molecule has 0 saturated heterocycles. The van der Waals surface area contributed by atoms with Gasteiger partial charge >= 0.3 is 0 Å². The van der Waals surface area contributed by atoms with Crippen LogP contribution in [0.2, 0.25) is 0 Å². The third-order valence-electron chi connectivity index (χ3n) is 16.9. The van der Waals surface area contributed by atoms with E-state index in [4.69, 9.17) is 0 Å². The van der Waals surface area contributed by atoms with E-state index < -0.39 is 0 Å². The molecular formula is C65H55N. The van der Waals surface area contributed by atoms with Gasteiger partial charge in [0.25, 0.3) is 0 Å². The van der Waals surface area contributed by atoms with Crippen LogP contribution < -0.4 is 4.90 Å². The average molecular weight is 850 g/mol. The van der Waals surface area contributed by atoms with E-state index in [1.807, 2.05) is 0 Å². The summed E-state index contributed by atoms with van der Waals surface area (Å²) in [6.07, 6.45) is 5.68. The summed E-state index contributed by atoms with van der Waals surface area (Å²) in [5.74, 6) is 2.84. The second-order valence-corrected chi connectivity index (χ2v) is 20.9. The highest BCUT2D eigenvalue weighted by Gasteiger charge is 2.87. The fraction of sp³-hybridized carbons (Fsp3) is 0.200. The minimum Gasteiger partial charge on any atom is -0.309 e. The van der Waals surface area contributed by atoms with Crippen molar-refractivity contribution in [1.82, 2.24) is 0 Å². The molecule has 0 N–H and O–H groups in total. The van der Waals surface area contributed by atoms with Gasteiger partial charge in [-0.2, -0.15) is 0 Å². The van der Waals surface area contributed by atoms with Crippen molar-refractivity contribution in [3.05, 3.63) is 223 Å². The first-order valence-electron chi connectivity index (χ1n) is 24.3. The molecule has 0 aromatic heterocycles. The van der Waals surface area contributed by atoms with Gasteiger partial charge in [0.1, 0.15) is 0 Å². The zero-order valence-corrected chi connectivity index (χ0v) is 38.2. The lowest BCUT2D eigenvalue weighted by Crippen LogP contribution is -2.87. The molecule has 66 heavy (non-hydrogen) atoms. The van der Waals surface area contributed by atoms with Crippen LogP contribution in [-0.4, -0.2) is 0 Å². The number of fused-ring (bicyclic) bond motifs is 1. The maximum Gasteiger partial charge on any atom is 0.0540 e. The Bertz CT molecular complexity index is 3270. The monoisotopic (exact) mass is 849 g/mol. The number of hydrogen-bond acceptors (Lipinski definition) is 1. The number of rotatable bonds is 9. The SMILES string of the molecule is CC(C)(C)c1ccc(-c2ccccc2N(c2ccc(-c3ccc(-c4ccccc4)c(-c4ccccc4)c3)cc2)c2ccccc2-c2cccc3cccc(C45CC6CC7CC(C4)C765)c23)cc1. The quantitative estimate of drug-likeness (QED) is 0.140. The maximum absolute atomic E-state index is 2.53. The van der Waals surface area contributed by atoms with Crippen LogP contribution in [0.3, 0.4) is 0 Å². The topological polar surface area (TPSA) is 3.24 Å². The molecule has 4 aliphatic carbocycles. The van der Waals surface area contributed by atoms with Gasteiger partial charge in [-0.15, -0.1) is 0 Å². The predicted octanol–water partition coefficient (Wildman–Crippen LogP) is 17.6. The Balaban J connectivity index is 0.972. The van der Waals surface area contributed by atoms with Crippen molar-refractivity contribution in [3.63, 3.8) is 0 Å². The Morgan fingerprint density at radius 2 is 0.939 bits per heavy atom. The molecule has 1 nitrogen and oxygen atoms in total. The van der Waals surface area contributed by atoms with Crippen LogP contribution in [0.15, 0.2) is 212 Å². The standard InChI is InChI=1S/C65H55N/c1-63(2,3)49-33-28-46(29-34-49)55-22-10-12-26-60(55)66(53-35-30-43(31-36-53)48-32-37-54(44-16-6-4-7-17-44)58(38-48)45-18-8-5-9-19-45)61-27-13-11-23-56(61)57-24-14-20-47-21-15-25-59(62(47)57)64-41-51-39-50-40-52(42-64)65(50,51)64/h4-38,50-52H,39-42H2,1-3H3. The highest BCUT2D eigenvalue weighted by molar-refractivity contribution is 6.05. The van der Waals surface area contributed by atoms with Crippen LogP contribution in [0, 0.1) is 23.2 Å². The molecule has 9 aromatic carbocycles. The van der Waals surface area contributed by atoms with Crippen molar-refractivity contribution in [2.24, 2.45) is 23.2 Å². The Morgan fingerprint density at radius 3 is 1.58 bits per heavy atom. The van der Waals surface area contributed by atoms with Crippen LogP contribution in [0.1, 0.15) is 57.6 Å². The third-order valence-corrected chi connectivity index (χ3v) is 16.9. The summed E-state index contributed by atoms with van der Waals surface area (Å²) in [7, 11) is 0. The summed E-state index contributed by atoms with van der Waals surface area (Å²) in [5.41, 5.74) is 19.8. The molecular weight excluding hydrogens is 795 g/mol. The van der Waals surface area contributed by atoms with E-state index in [0.29, 0.717) is 10.8 Å². The molecule has 2 unspecified atom stereocenters. The maximum atomic E-state index is 2.53. The first-order valence-corrected chi connectivity index (χ1v) is 24.3. The third kappa shape index (κ3) is 5.72. The number of para-hydroxylation sites is 2. The van der Waals surface area contributed by atoms with E-state index in [-0.39, 0.29) is 5.41 Å². The molecule has 4 fully saturated rings. The van der Waals surface area contributed by atoms with Crippen LogP contribution in [0.5, 0.6) is 0 Å². The molecule has 0 aliphatic heterocycles. The zero-order valence-electron chi connectivity index (χ0n) is 38.2. The first kappa shape index (κ1) is 39.4. The van der Waals surface area contributed by atoms with Crippen LogP contribution in [-0.2, 0) is 10.8 Å². The molecule has 0 heterocycles. The lowest BCUT2D eigenvalue weighted by atomic mass is 9.12. The van der Waals surface area contributed by atoms with Crippen molar-refractivity contribution in [2.75, 3.05) is 4.90 Å². The molecule has 4 aliphatic rings. The van der Waals surface area contributed by atoms with Gasteiger partial charge in [-0.05, 0) is 151 Å². The summed E-state index contributed by atoms with van der Waals surface area (Å²) in [5, 5.41) is 2.82. The normalized spacial score (nSPS) is 22.2. The van der Waals surface area contributed by atoms with E-state index in [9.17, 15) is 0 Å². The zero-order chi connectivity index (χ0) is 44.2. The Morgan fingerprint density at radius 1 is 0.409 bits per heavy atom. The summed E-state index contributed by atoms with van der Waals surface area (Å²) >= 11 is 0. The van der Waals surface area contributed by atoms with Crippen LogP contribution in [0.4, 0.5) is 17.1 Å². The van der Waals surface area contributed by atoms with E-state index >= 15 is 0 Å². The fourth-order valence-corrected chi connectivity index (χ4v) is 14.0. The van der Waals surface area contributed by atoms with E-state index in [2.05, 4.69) is 238 Å². The molecule has 13 rings (SSSR count). The van der Waals surface area contributed by atoms with Crippen molar-refractivity contribution in [1.29, 1.82) is 0 Å². The second kappa shape index (κ2) is 14.8. The van der Waals surface area contributed by atoms with E-state index in [0.717, 1.165) is 29.1 Å². The Hall–Kier alpha value is -6.96. The van der Waals surface area contributed by atoms with Crippen molar-refractivity contribution < 1.29 is 0 Å². The van der Waals surface area contributed by atoms with Crippen molar-refractivity contribution in [2.45, 2.75) is 57.3 Å². The van der Waals surface area contributed by atoms with E-state index in [1.54, 1.807) is 5.56 Å². The second-order valence-electron chi connectivity index (χ2n) is 20.9.